The molecule has 4 aromatic rings. The van der Waals surface area contributed by atoms with Crippen LogP contribution in [-0.4, -0.2) is 27.1 Å². The standard InChI is InChI=1S/C26H25F3N4O2/c1-16(2)13-19-15-23(31-25(35)30-22-12-6-8-17-7-3-4-11-21(17)22)33(32-19)20-10-5-9-18(14-20)24(34)26(27,28)29/h3-12,14-16,24,34H,13H2,1-2H3,(H2,30,31,35). The van der Waals surface area contributed by atoms with Gasteiger partial charge in [-0.15, -0.1) is 0 Å². The maximum absolute atomic E-state index is 13.0. The number of carbonyl (C=O) groups is 1. The van der Waals surface area contributed by atoms with Gasteiger partial charge in [-0.2, -0.15) is 18.3 Å². The molecule has 1 atom stereocenters. The van der Waals surface area contributed by atoms with Gasteiger partial charge in [-0.05, 0) is 41.5 Å². The Morgan fingerprint density at radius 1 is 1.00 bits per heavy atom. The van der Waals surface area contributed by atoms with Gasteiger partial charge in [0.1, 0.15) is 5.82 Å². The highest BCUT2D eigenvalue weighted by Gasteiger charge is 2.39. The van der Waals surface area contributed by atoms with E-state index in [2.05, 4.69) is 15.7 Å². The minimum atomic E-state index is -4.80. The van der Waals surface area contributed by atoms with Crippen LogP contribution in [0, 0.1) is 5.92 Å². The number of urea groups is 1. The third-order valence-corrected chi connectivity index (χ3v) is 5.40. The van der Waals surface area contributed by atoms with Crippen LogP contribution in [0.25, 0.3) is 16.5 Å². The predicted octanol–water partition coefficient (Wildman–Crippen LogP) is 6.46. The first-order valence-electron chi connectivity index (χ1n) is 11.1. The van der Waals surface area contributed by atoms with Crippen LogP contribution >= 0.6 is 0 Å². The summed E-state index contributed by atoms with van der Waals surface area (Å²) in [5, 5.41) is 21.6. The fourth-order valence-electron chi connectivity index (χ4n) is 3.85. The van der Waals surface area contributed by atoms with Crippen LogP contribution in [0.3, 0.4) is 0 Å². The number of aliphatic hydroxyl groups excluding tert-OH is 1. The third-order valence-electron chi connectivity index (χ3n) is 5.40. The number of nitrogens with zero attached hydrogens (tertiary/aromatic N) is 2. The smallest absolute Gasteiger partial charge is 0.379 e. The van der Waals surface area contributed by atoms with Crippen molar-refractivity contribution in [2.45, 2.75) is 32.5 Å². The number of hydrogen-bond donors (Lipinski definition) is 3. The molecule has 3 aromatic carbocycles. The molecule has 0 bridgehead atoms. The van der Waals surface area contributed by atoms with Gasteiger partial charge in [0.05, 0.1) is 17.1 Å². The van der Waals surface area contributed by atoms with Crippen LogP contribution < -0.4 is 10.6 Å². The summed E-state index contributed by atoms with van der Waals surface area (Å²) >= 11 is 0. The van der Waals surface area contributed by atoms with Gasteiger partial charge in [0.25, 0.3) is 0 Å². The van der Waals surface area contributed by atoms with Crippen LogP contribution in [0.5, 0.6) is 0 Å². The van der Waals surface area contributed by atoms with E-state index < -0.39 is 18.3 Å². The summed E-state index contributed by atoms with van der Waals surface area (Å²) in [6.07, 6.45) is -6.82. The van der Waals surface area contributed by atoms with Crippen LogP contribution in [0.1, 0.15) is 31.2 Å². The minimum absolute atomic E-state index is 0.272. The summed E-state index contributed by atoms with van der Waals surface area (Å²) < 4.78 is 40.5. The number of alkyl halides is 3. The van der Waals surface area contributed by atoms with Gasteiger partial charge < -0.3 is 10.4 Å². The first-order valence-corrected chi connectivity index (χ1v) is 11.1. The van der Waals surface area contributed by atoms with E-state index >= 15 is 0 Å². The first-order chi connectivity index (χ1) is 16.6. The van der Waals surface area contributed by atoms with Crippen molar-refractivity contribution in [3.8, 4) is 5.69 Å². The Kier molecular flexibility index (Phi) is 6.79. The average Bonchev–Trinajstić information content (AvgIpc) is 3.19. The number of aromatic nitrogens is 2. The molecule has 4 rings (SSSR count). The van der Waals surface area contributed by atoms with Crippen LogP contribution in [0.15, 0.2) is 72.8 Å². The van der Waals surface area contributed by atoms with Crippen molar-refractivity contribution in [3.05, 3.63) is 84.1 Å². The van der Waals surface area contributed by atoms with E-state index in [9.17, 15) is 23.1 Å². The summed E-state index contributed by atoms with van der Waals surface area (Å²) in [5.74, 6) is 0.561. The highest BCUT2D eigenvalue weighted by atomic mass is 19.4. The van der Waals surface area contributed by atoms with Gasteiger partial charge in [-0.3, -0.25) is 5.32 Å². The monoisotopic (exact) mass is 482 g/mol. The van der Waals surface area contributed by atoms with E-state index in [0.717, 1.165) is 10.8 Å². The Morgan fingerprint density at radius 2 is 1.71 bits per heavy atom. The van der Waals surface area contributed by atoms with Gasteiger partial charge in [0.15, 0.2) is 6.10 Å². The Labute approximate surface area is 200 Å². The zero-order valence-electron chi connectivity index (χ0n) is 19.2. The lowest BCUT2D eigenvalue weighted by Crippen LogP contribution is -2.22. The predicted molar refractivity (Wildman–Crippen MR) is 130 cm³/mol. The van der Waals surface area contributed by atoms with Crippen LogP contribution in [0.4, 0.5) is 29.5 Å². The minimum Gasteiger partial charge on any atom is -0.379 e. The molecule has 0 saturated carbocycles. The van der Waals surface area contributed by atoms with E-state index in [-0.39, 0.29) is 23.0 Å². The molecule has 2 amide bonds. The number of carbonyl (C=O) groups excluding carboxylic acids is 1. The molecule has 182 valence electrons. The quantitative estimate of drug-likeness (QED) is 0.295. The Bertz CT molecular complexity index is 1340. The highest BCUT2D eigenvalue weighted by molar-refractivity contribution is 6.06. The number of rotatable bonds is 6. The van der Waals surface area contributed by atoms with E-state index in [4.69, 9.17) is 0 Å². The second kappa shape index (κ2) is 9.79. The van der Waals surface area contributed by atoms with E-state index in [1.807, 2.05) is 50.2 Å². The topological polar surface area (TPSA) is 79.2 Å². The fraction of sp³-hybridized carbons (Fsp3) is 0.231. The first kappa shape index (κ1) is 24.3. The zero-order valence-corrected chi connectivity index (χ0v) is 19.2. The molecule has 1 aromatic heterocycles. The van der Waals surface area contributed by atoms with Crippen molar-refractivity contribution in [1.29, 1.82) is 0 Å². The van der Waals surface area contributed by atoms with Crippen LogP contribution in [0.2, 0.25) is 0 Å². The molecule has 0 aliphatic heterocycles. The summed E-state index contributed by atoms with van der Waals surface area (Å²) in [5.41, 5.74) is 1.25. The summed E-state index contributed by atoms with van der Waals surface area (Å²) in [6.45, 7) is 4.03. The molecule has 6 nitrogen and oxygen atoms in total. The second-order valence-electron chi connectivity index (χ2n) is 8.68. The SMILES string of the molecule is CC(C)Cc1cc(NC(=O)Nc2cccc3ccccc23)n(-c2cccc(C(O)C(F)(F)F)c2)n1. The van der Waals surface area contributed by atoms with Crippen molar-refractivity contribution < 1.29 is 23.1 Å². The van der Waals surface area contributed by atoms with Crippen molar-refractivity contribution in [2.75, 3.05) is 10.6 Å². The molecule has 0 fully saturated rings. The Balaban J connectivity index is 1.65. The molecule has 0 saturated heterocycles. The molecule has 0 spiro atoms. The van der Waals surface area contributed by atoms with Gasteiger partial charge in [0.2, 0.25) is 0 Å². The number of hydrogen-bond acceptors (Lipinski definition) is 3. The molecular weight excluding hydrogens is 457 g/mol. The number of nitrogens with one attached hydrogen (secondary N) is 2. The van der Waals surface area contributed by atoms with E-state index in [1.54, 1.807) is 18.2 Å². The molecule has 3 N–H and O–H groups in total. The molecule has 35 heavy (non-hydrogen) atoms. The average molecular weight is 483 g/mol. The highest BCUT2D eigenvalue weighted by Crippen LogP contribution is 2.33. The summed E-state index contributed by atoms with van der Waals surface area (Å²) in [4.78, 5) is 12.9. The molecule has 1 heterocycles. The summed E-state index contributed by atoms with van der Waals surface area (Å²) in [7, 11) is 0. The Hall–Kier alpha value is -3.85. The van der Waals surface area contributed by atoms with Gasteiger partial charge in [-0.1, -0.05) is 62.4 Å². The van der Waals surface area contributed by atoms with Crippen molar-refractivity contribution >= 4 is 28.3 Å². The number of anilines is 2. The van der Waals surface area contributed by atoms with Crippen LogP contribution in [-0.2, 0) is 6.42 Å². The van der Waals surface area contributed by atoms with Crippen molar-refractivity contribution in [3.63, 3.8) is 0 Å². The number of fused-ring (bicyclic) bond motifs is 1. The molecule has 1 unspecified atom stereocenters. The van der Waals surface area contributed by atoms with Gasteiger partial charge >= 0.3 is 12.2 Å². The summed E-state index contributed by atoms with van der Waals surface area (Å²) in [6, 6.07) is 19.7. The van der Waals surface area contributed by atoms with Crippen molar-refractivity contribution in [2.24, 2.45) is 5.92 Å². The maximum Gasteiger partial charge on any atom is 0.418 e. The van der Waals surface area contributed by atoms with Crippen molar-refractivity contribution in [1.82, 2.24) is 9.78 Å². The van der Waals surface area contributed by atoms with Gasteiger partial charge in [0, 0.05) is 11.5 Å². The zero-order chi connectivity index (χ0) is 25.2. The molecule has 0 aliphatic rings. The molecule has 0 aliphatic carbocycles. The maximum atomic E-state index is 13.0. The van der Waals surface area contributed by atoms with Gasteiger partial charge in [-0.25, -0.2) is 9.48 Å². The van der Waals surface area contributed by atoms with E-state index in [1.165, 1.54) is 22.9 Å². The largest absolute Gasteiger partial charge is 0.418 e. The lowest BCUT2D eigenvalue weighted by molar-refractivity contribution is -0.206. The normalized spacial score (nSPS) is 12.7. The lowest BCUT2D eigenvalue weighted by Gasteiger charge is -2.16. The third kappa shape index (κ3) is 5.63. The van der Waals surface area contributed by atoms with E-state index in [0.29, 0.717) is 17.8 Å². The molecule has 0 radical (unpaired) electrons. The molecular formula is C26H25F3N4O2. The lowest BCUT2D eigenvalue weighted by atomic mass is 10.1. The number of halogens is 3. The fourth-order valence-corrected chi connectivity index (χ4v) is 3.85. The number of amides is 2. The number of benzene rings is 3. The Morgan fingerprint density at radius 3 is 2.46 bits per heavy atom. The molecule has 9 heteroatoms. The number of aliphatic hydroxyl groups is 1. The second-order valence-corrected chi connectivity index (χ2v) is 8.68.